The lowest BCUT2D eigenvalue weighted by Gasteiger charge is -2.28. The maximum absolute atomic E-state index is 8.12. The normalized spacial score (nSPS) is 21.4. The molecule has 0 saturated heterocycles. The topological polar surface area (TPSA) is 0 Å². The molecule has 1 aliphatic carbocycles. The van der Waals surface area contributed by atoms with Crippen LogP contribution in [0.2, 0.25) is 5.02 Å². The molecule has 2 rings (SSSR count). The highest BCUT2D eigenvalue weighted by atomic mass is 35.5. The average molecular weight is 222 g/mol. The molecule has 0 aromatic heterocycles. The summed E-state index contributed by atoms with van der Waals surface area (Å²) in [5.74, 6) is 0. The molecule has 0 heterocycles. The van der Waals surface area contributed by atoms with Crippen LogP contribution in [0.1, 0.15) is 40.0 Å². The van der Waals surface area contributed by atoms with E-state index < -0.39 is 0 Å². The van der Waals surface area contributed by atoms with Crippen molar-refractivity contribution in [2.75, 3.05) is 0 Å². The van der Waals surface area contributed by atoms with Crippen LogP contribution in [0.15, 0.2) is 30.3 Å². The molecule has 1 aromatic carbocycles. The van der Waals surface area contributed by atoms with Crippen molar-refractivity contribution in [3.05, 3.63) is 40.9 Å². The van der Waals surface area contributed by atoms with Crippen molar-refractivity contribution in [1.82, 2.24) is 0 Å². The van der Waals surface area contributed by atoms with Crippen LogP contribution >= 0.6 is 11.6 Å². The highest BCUT2D eigenvalue weighted by Crippen LogP contribution is 2.37. The van der Waals surface area contributed by atoms with Crippen molar-refractivity contribution in [2.45, 2.75) is 33.1 Å². The molecule has 0 unspecified atom stereocenters. The molecular weight excluding hydrogens is 204 g/mol. The van der Waals surface area contributed by atoms with Gasteiger partial charge in [-0.25, -0.2) is 0 Å². The average Bonchev–Trinajstić information content (AvgIpc) is 2.19. The van der Waals surface area contributed by atoms with Crippen molar-refractivity contribution < 1.29 is 1.37 Å². The molecule has 0 nitrogen and oxygen atoms in total. The molecule has 1 heteroatoms. The third kappa shape index (κ3) is 2.63. The minimum Gasteiger partial charge on any atom is -0.0843 e. The molecule has 15 heavy (non-hydrogen) atoms. The lowest BCUT2D eigenvalue weighted by molar-refractivity contribution is 0.335. The number of rotatable bonds is 1. The van der Waals surface area contributed by atoms with E-state index in [1.165, 1.54) is 5.57 Å². The maximum Gasteiger partial charge on any atom is 0.0579 e. The quantitative estimate of drug-likeness (QED) is 0.631. The van der Waals surface area contributed by atoms with Gasteiger partial charge in [-0.3, -0.25) is 0 Å². The van der Waals surface area contributed by atoms with Gasteiger partial charge in [-0.1, -0.05) is 43.6 Å². The van der Waals surface area contributed by atoms with Gasteiger partial charge < -0.3 is 0 Å². The van der Waals surface area contributed by atoms with E-state index in [0.717, 1.165) is 35.9 Å². The van der Waals surface area contributed by atoms with Crippen LogP contribution in [-0.2, 0) is 0 Å². The van der Waals surface area contributed by atoms with Gasteiger partial charge in [-0.15, -0.1) is 0 Å². The summed E-state index contributed by atoms with van der Waals surface area (Å²) in [5, 5.41) is 0.756. The predicted octanol–water partition coefficient (Wildman–Crippen LogP) is 4.93. The summed E-state index contributed by atoms with van der Waals surface area (Å²) in [7, 11) is 0. The second-order valence-electron chi connectivity index (χ2n) is 5.00. The van der Waals surface area contributed by atoms with Crippen LogP contribution in [0.5, 0.6) is 0 Å². The van der Waals surface area contributed by atoms with Crippen LogP contribution in [0.3, 0.4) is 0 Å². The Balaban J connectivity index is 2.31. The molecule has 0 saturated carbocycles. The highest BCUT2D eigenvalue weighted by Gasteiger charge is 2.21. The van der Waals surface area contributed by atoms with Gasteiger partial charge in [0.15, 0.2) is 0 Å². The van der Waals surface area contributed by atoms with E-state index in [2.05, 4.69) is 13.8 Å². The SMILES string of the molecule is [2H]C1=C(c2ccc(Cl)cc2)CCC(C)(C)C1. The monoisotopic (exact) mass is 221 g/mol. The molecule has 0 atom stereocenters. The largest absolute Gasteiger partial charge is 0.0843 e. The van der Waals surface area contributed by atoms with Gasteiger partial charge in [-0.2, -0.15) is 0 Å². The predicted molar refractivity (Wildman–Crippen MR) is 67.1 cm³/mol. The van der Waals surface area contributed by atoms with Gasteiger partial charge in [0.1, 0.15) is 0 Å². The fourth-order valence-corrected chi connectivity index (χ4v) is 2.01. The zero-order valence-corrected chi connectivity index (χ0v) is 10.1. The van der Waals surface area contributed by atoms with Gasteiger partial charge in [-0.05, 0) is 47.9 Å². The first-order valence-corrected chi connectivity index (χ1v) is 5.80. The highest BCUT2D eigenvalue weighted by molar-refractivity contribution is 6.30. The van der Waals surface area contributed by atoms with E-state index in [0.29, 0.717) is 0 Å². The number of hydrogen-bond donors (Lipinski definition) is 0. The zero-order valence-electron chi connectivity index (χ0n) is 10.3. The van der Waals surface area contributed by atoms with Gasteiger partial charge in [0, 0.05) is 5.02 Å². The van der Waals surface area contributed by atoms with E-state index in [4.69, 9.17) is 13.0 Å². The van der Waals surface area contributed by atoms with Crippen molar-refractivity contribution >= 4 is 17.2 Å². The molecule has 0 bridgehead atoms. The number of allylic oxidation sites excluding steroid dienone is 2. The van der Waals surface area contributed by atoms with E-state index in [1.807, 2.05) is 24.3 Å². The molecule has 0 fully saturated rings. The lowest BCUT2D eigenvalue weighted by atomic mass is 9.77. The standard InChI is InChI=1S/C14H17Cl/c1-14(2)9-7-12(8-10-14)11-3-5-13(15)6-4-11/h3-7H,8-10H2,1-2H3/i7D. The Morgan fingerprint density at radius 3 is 2.53 bits per heavy atom. The van der Waals surface area contributed by atoms with Crippen LogP contribution < -0.4 is 0 Å². The number of halogens is 1. The zero-order chi connectivity index (χ0) is 11.8. The molecule has 0 aliphatic heterocycles. The summed E-state index contributed by atoms with van der Waals surface area (Å²) < 4.78 is 8.12. The first-order valence-electron chi connectivity index (χ1n) is 5.92. The Labute approximate surface area is 98.4 Å². The van der Waals surface area contributed by atoms with Gasteiger partial charge in [0.25, 0.3) is 0 Å². The van der Waals surface area contributed by atoms with E-state index in [1.54, 1.807) is 0 Å². The summed E-state index contributed by atoms with van der Waals surface area (Å²) in [6.07, 6.45) is 3.05. The first-order chi connectivity index (χ1) is 7.48. The molecule has 0 spiro atoms. The van der Waals surface area contributed by atoms with E-state index >= 15 is 0 Å². The summed E-state index contributed by atoms with van der Waals surface area (Å²) in [6, 6.07) is 8.63. The second kappa shape index (κ2) is 4.02. The van der Waals surface area contributed by atoms with Crippen LogP contribution in [0.4, 0.5) is 0 Å². The summed E-state index contributed by atoms with van der Waals surface area (Å²) in [6.45, 7) is 4.47. The van der Waals surface area contributed by atoms with Crippen molar-refractivity contribution in [3.63, 3.8) is 0 Å². The third-order valence-corrected chi connectivity index (χ3v) is 3.28. The smallest absolute Gasteiger partial charge is 0.0579 e. The molecule has 1 aliphatic rings. The fourth-order valence-electron chi connectivity index (χ4n) is 1.88. The first kappa shape index (κ1) is 9.47. The van der Waals surface area contributed by atoms with Crippen LogP contribution in [-0.4, -0.2) is 0 Å². The van der Waals surface area contributed by atoms with E-state index in [9.17, 15) is 0 Å². The van der Waals surface area contributed by atoms with Crippen molar-refractivity contribution in [2.24, 2.45) is 5.41 Å². The van der Waals surface area contributed by atoms with Gasteiger partial charge in [0.05, 0.1) is 1.37 Å². The Bertz CT molecular complexity index is 415. The minimum absolute atomic E-state index is 0.285. The Kier molecular flexibility index (Phi) is 2.54. The Morgan fingerprint density at radius 1 is 1.27 bits per heavy atom. The minimum atomic E-state index is 0.285. The van der Waals surface area contributed by atoms with Gasteiger partial charge in [0.2, 0.25) is 0 Å². The summed E-state index contributed by atoms with van der Waals surface area (Å²) in [5.41, 5.74) is 2.63. The maximum atomic E-state index is 8.12. The summed E-state index contributed by atoms with van der Waals surface area (Å²) >= 11 is 5.87. The van der Waals surface area contributed by atoms with Crippen LogP contribution in [0.25, 0.3) is 5.57 Å². The molecule has 0 amide bonds. The second-order valence-corrected chi connectivity index (χ2v) is 5.44. The van der Waals surface area contributed by atoms with Gasteiger partial charge >= 0.3 is 0 Å². The fraction of sp³-hybridized carbons (Fsp3) is 0.429. The number of hydrogen-bond acceptors (Lipinski definition) is 0. The molecular formula is C14H17Cl. The molecule has 1 aromatic rings. The summed E-state index contributed by atoms with van der Waals surface area (Å²) in [4.78, 5) is 0. The van der Waals surface area contributed by atoms with Crippen molar-refractivity contribution in [1.29, 1.82) is 0 Å². The third-order valence-electron chi connectivity index (χ3n) is 3.02. The Hall–Kier alpha value is -0.750. The lowest BCUT2D eigenvalue weighted by Crippen LogP contribution is -2.13. The Morgan fingerprint density at radius 2 is 1.93 bits per heavy atom. The number of benzene rings is 1. The molecule has 0 radical (unpaired) electrons. The molecule has 80 valence electrons. The van der Waals surface area contributed by atoms with Crippen molar-refractivity contribution in [3.8, 4) is 0 Å². The van der Waals surface area contributed by atoms with E-state index in [-0.39, 0.29) is 5.41 Å². The van der Waals surface area contributed by atoms with Crippen LogP contribution in [0, 0.1) is 5.41 Å². The molecule has 0 N–H and O–H groups in total.